The Bertz CT molecular complexity index is 770. The minimum Gasteiger partial charge on any atom is -0.481 e. The molecule has 1 aliphatic heterocycles. The van der Waals surface area contributed by atoms with Gasteiger partial charge in [0.05, 0.1) is 24.0 Å². The highest BCUT2D eigenvalue weighted by molar-refractivity contribution is 8.13. The van der Waals surface area contributed by atoms with Gasteiger partial charge in [0, 0.05) is 25.1 Å². The van der Waals surface area contributed by atoms with Crippen LogP contribution in [0.2, 0.25) is 5.02 Å². The Morgan fingerprint density at radius 2 is 2.11 bits per heavy atom. The van der Waals surface area contributed by atoms with Crippen molar-refractivity contribution in [1.29, 1.82) is 0 Å². The van der Waals surface area contributed by atoms with Crippen molar-refractivity contribution in [2.75, 3.05) is 26.5 Å². The van der Waals surface area contributed by atoms with Gasteiger partial charge in [0.1, 0.15) is 5.82 Å². The van der Waals surface area contributed by atoms with E-state index in [1.165, 1.54) is 6.07 Å². The van der Waals surface area contributed by atoms with E-state index in [2.05, 4.69) is 14.9 Å². The van der Waals surface area contributed by atoms with Crippen LogP contribution in [0.4, 0.5) is 10.1 Å². The quantitative estimate of drug-likeness (QED) is 0.478. The first-order chi connectivity index (χ1) is 13.1. The Labute approximate surface area is 169 Å². The van der Waals surface area contributed by atoms with Gasteiger partial charge in [0.2, 0.25) is 5.88 Å². The monoisotopic (exact) mass is 409 g/mol. The first-order valence-corrected chi connectivity index (χ1v) is 10.5. The number of benzene rings is 1. The molecule has 1 saturated heterocycles. The van der Waals surface area contributed by atoms with Crippen LogP contribution in [0.25, 0.3) is 0 Å². The van der Waals surface area contributed by atoms with Gasteiger partial charge in [0.15, 0.2) is 5.17 Å². The third kappa shape index (κ3) is 5.36. The van der Waals surface area contributed by atoms with Crippen molar-refractivity contribution in [3.8, 4) is 5.88 Å². The number of hydrogen-bond donors (Lipinski definition) is 0. The van der Waals surface area contributed by atoms with Crippen LogP contribution in [0.5, 0.6) is 5.88 Å². The average molecular weight is 410 g/mol. The van der Waals surface area contributed by atoms with Gasteiger partial charge in [-0.25, -0.2) is 14.4 Å². The van der Waals surface area contributed by atoms with Crippen LogP contribution >= 0.6 is 23.4 Å². The summed E-state index contributed by atoms with van der Waals surface area (Å²) in [4.78, 5) is 11.1. The van der Waals surface area contributed by atoms with Gasteiger partial charge in [-0.3, -0.25) is 0 Å². The second kappa shape index (κ2) is 10.5. The van der Waals surface area contributed by atoms with E-state index in [4.69, 9.17) is 16.3 Å². The van der Waals surface area contributed by atoms with E-state index in [1.807, 2.05) is 32.2 Å². The van der Waals surface area contributed by atoms with Gasteiger partial charge in [-0.2, -0.15) is 0 Å². The molecule has 1 aliphatic rings. The molecule has 3 rings (SSSR count). The number of thioether (sulfide) groups is 1. The molecule has 7 heteroatoms. The Morgan fingerprint density at radius 1 is 1.33 bits per heavy atom. The molecule has 2 aromatic rings. The third-order valence-electron chi connectivity index (χ3n) is 4.22. The molecule has 0 bridgehead atoms. The second-order valence-electron chi connectivity index (χ2n) is 5.73. The fourth-order valence-corrected chi connectivity index (χ4v) is 3.84. The molecule has 1 aromatic heterocycles. The lowest BCUT2D eigenvalue weighted by atomic mass is 9.98. The SMILES string of the molecule is CC.COc1ccc(N=C(SC)N2CCC(c3cccc(F)c3Cl)C2)cn1. The van der Waals surface area contributed by atoms with E-state index >= 15 is 0 Å². The summed E-state index contributed by atoms with van der Waals surface area (Å²) in [6.45, 7) is 5.63. The molecule has 0 N–H and O–H groups in total. The van der Waals surface area contributed by atoms with Crippen molar-refractivity contribution in [1.82, 2.24) is 9.88 Å². The minimum atomic E-state index is -0.360. The summed E-state index contributed by atoms with van der Waals surface area (Å²) in [5.41, 5.74) is 1.65. The maximum Gasteiger partial charge on any atom is 0.213 e. The first kappa shape index (κ1) is 21.5. The van der Waals surface area contributed by atoms with Crippen LogP contribution in [0.15, 0.2) is 41.5 Å². The molecular formula is C20H25ClFN3OS. The Kier molecular flexibility index (Phi) is 8.38. The number of nitrogens with zero attached hydrogens (tertiary/aromatic N) is 3. The van der Waals surface area contributed by atoms with Crippen LogP contribution in [0.1, 0.15) is 31.7 Å². The van der Waals surface area contributed by atoms with Crippen molar-refractivity contribution in [3.63, 3.8) is 0 Å². The topological polar surface area (TPSA) is 37.7 Å². The van der Waals surface area contributed by atoms with Crippen molar-refractivity contribution >= 4 is 34.2 Å². The summed E-state index contributed by atoms with van der Waals surface area (Å²) in [5, 5.41) is 1.15. The number of halogens is 2. The number of ether oxygens (including phenoxy) is 1. The lowest BCUT2D eigenvalue weighted by molar-refractivity contribution is 0.398. The first-order valence-electron chi connectivity index (χ1n) is 8.94. The predicted molar refractivity (Wildman–Crippen MR) is 113 cm³/mol. The van der Waals surface area contributed by atoms with Crippen LogP contribution in [-0.2, 0) is 0 Å². The highest BCUT2D eigenvalue weighted by atomic mass is 35.5. The predicted octanol–water partition coefficient (Wildman–Crippen LogP) is 5.75. The largest absolute Gasteiger partial charge is 0.481 e. The number of pyridine rings is 1. The van der Waals surface area contributed by atoms with E-state index in [9.17, 15) is 4.39 Å². The highest BCUT2D eigenvalue weighted by Crippen LogP contribution is 2.34. The summed E-state index contributed by atoms with van der Waals surface area (Å²) in [7, 11) is 1.58. The molecule has 1 atom stereocenters. The van der Waals surface area contributed by atoms with E-state index in [1.54, 1.807) is 37.2 Å². The molecule has 146 valence electrons. The molecule has 2 heterocycles. The van der Waals surface area contributed by atoms with Gasteiger partial charge >= 0.3 is 0 Å². The molecule has 0 radical (unpaired) electrons. The lowest BCUT2D eigenvalue weighted by Gasteiger charge is -2.19. The fourth-order valence-electron chi connectivity index (χ4n) is 2.94. The smallest absolute Gasteiger partial charge is 0.213 e. The number of hydrogen-bond acceptors (Lipinski definition) is 4. The maximum absolute atomic E-state index is 13.7. The molecule has 0 saturated carbocycles. The number of likely N-dealkylation sites (tertiary alicyclic amines) is 1. The molecule has 1 fully saturated rings. The van der Waals surface area contributed by atoms with Gasteiger partial charge in [-0.05, 0) is 30.4 Å². The summed E-state index contributed by atoms with van der Waals surface area (Å²) in [6.07, 6.45) is 4.61. The van der Waals surface area contributed by atoms with Crippen molar-refractivity contribution in [2.24, 2.45) is 4.99 Å². The van der Waals surface area contributed by atoms with Gasteiger partial charge in [-0.1, -0.05) is 49.3 Å². The molecule has 1 aromatic carbocycles. The van der Waals surface area contributed by atoms with Crippen LogP contribution in [0.3, 0.4) is 0 Å². The zero-order chi connectivity index (χ0) is 19.8. The van der Waals surface area contributed by atoms with Crippen LogP contribution in [-0.4, -0.2) is 41.5 Å². The molecule has 0 spiro atoms. The van der Waals surface area contributed by atoms with E-state index in [-0.39, 0.29) is 16.8 Å². The van der Waals surface area contributed by atoms with E-state index in [0.29, 0.717) is 5.88 Å². The van der Waals surface area contributed by atoms with Crippen LogP contribution in [0, 0.1) is 5.82 Å². The number of aliphatic imine (C=N–C) groups is 1. The standard InChI is InChI=1S/C18H19ClFN3OS.C2H6/c1-24-16-7-6-13(10-21-16)22-18(25-2)23-9-8-12(11-23)14-4-3-5-15(20)17(14)19;1-2/h3-7,10,12H,8-9,11H2,1-2H3;1-2H3. The summed E-state index contributed by atoms with van der Waals surface area (Å²) in [6, 6.07) is 8.67. The molecule has 1 unspecified atom stereocenters. The molecule has 27 heavy (non-hydrogen) atoms. The number of amidine groups is 1. The molecule has 4 nitrogen and oxygen atoms in total. The molecule has 0 amide bonds. The molecular weight excluding hydrogens is 385 g/mol. The maximum atomic E-state index is 13.7. The second-order valence-corrected chi connectivity index (χ2v) is 6.88. The number of aromatic nitrogens is 1. The summed E-state index contributed by atoms with van der Waals surface area (Å²) < 4.78 is 18.8. The Morgan fingerprint density at radius 3 is 2.74 bits per heavy atom. The van der Waals surface area contributed by atoms with Crippen molar-refractivity contribution in [3.05, 3.63) is 52.9 Å². The lowest BCUT2D eigenvalue weighted by Crippen LogP contribution is -2.25. The highest BCUT2D eigenvalue weighted by Gasteiger charge is 2.28. The Balaban J connectivity index is 0.00000126. The fraction of sp³-hybridized carbons (Fsp3) is 0.400. The summed E-state index contributed by atoms with van der Waals surface area (Å²) in [5.74, 6) is 0.404. The zero-order valence-electron chi connectivity index (χ0n) is 16.1. The Hall–Kier alpha value is -1.79. The van der Waals surface area contributed by atoms with E-state index < -0.39 is 0 Å². The summed E-state index contributed by atoms with van der Waals surface area (Å²) >= 11 is 7.73. The third-order valence-corrected chi connectivity index (χ3v) is 5.33. The van der Waals surface area contributed by atoms with Gasteiger partial charge in [-0.15, -0.1) is 0 Å². The van der Waals surface area contributed by atoms with Crippen molar-refractivity contribution < 1.29 is 9.13 Å². The normalized spacial score (nSPS) is 16.7. The van der Waals surface area contributed by atoms with Gasteiger partial charge in [0.25, 0.3) is 0 Å². The average Bonchev–Trinajstić information content (AvgIpc) is 3.20. The molecule has 0 aliphatic carbocycles. The van der Waals surface area contributed by atoms with Crippen molar-refractivity contribution in [2.45, 2.75) is 26.2 Å². The number of methoxy groups -OCH3 is 1. The number of rotatable bonds is 3. The minimum absolute atomic E-state index is 0.203. The van der Waals surface area contributed by atoms with E-state index in [0.717, 1.165) is 35.9 Å². The zero-order valence-corrected chi connectivity index (χ0v) is 17.6. The van der Waals surface area contributed by atoms with Gasteiger partial charge < -0.3 is 9.64 Å². The van der Waals surface area contributed by atoms with Crippen LogP contribution < -0.4 is 4.74 Å².